The molecule has 6 amide bonds. The molecule has 0 unspecified atom stereocenters. The number of hydrogen-bond donors (Lipinski definition) is 8. The van der Waals surface area contributed by atoms with E-state index in [0.29, 0.717) is 101 Å². The summed E-state index contributed by atoms with van der Waals surface area (Å²) in [5.74, 6) is 3.39. The molecule has 30 nitrogen and oxygen atoms in total. The van der Waals surface area contributed by atoms with E-state index in [1.54, 1.807) is 29.2 Å². The summed E-state index contributed by atoms with van der Waals surface area (Å²) >= 11 is 0. The van der Waals surface area contributed by atoms with Gasteiger partial charge in [0.1, 0.15) is 36.1 Å². The molecule has 1 fully saturated rings. The van der Waals surface area contributed by atoms with Gasteiger partial charge in [0.15, 0.2) is 17.3 Å². The summed E-state index contributed by atoms with van der Waals surface area (Å²) in [6.07, 6.45) is 2.53. The van der Waals surface area contributed by atoms with E-state index in [2.05, 4.69) is 79.8 Å². The van der Waals surface area contributed by atoms with Crippen molar-refractivity contribution in [3.8, 4) is 6.01 Å². The Morgan fingerprint density at radius 2 is 1.34 bits per heavy atom. The lowest BCUT2D eigenvalue weighted by atomic mass is 9.95. The Morgan fingerprint density at radius 3 is 1.99 bits per heavy atom. The zero-order valence-electron chi connectivity index (χ0n) is 48.9. The second-order valence-electron chi connectivity index (χ2n) is 20.8. The van der Waals surface area contributed by atoms with E-state index < -0.39 is 60.2 Å². The highest BCUT2D eigenvalue weighted by Gasteiger charge is 2.32. The molecular weight excluding hydrogens is 1120 g/mol. The van der Waals surface area contributed by atoms with Crippen molar-refractivity contribution in [3.63, 3.8) is 0 Å². The number of hydrogen-bond acceptors (Lipinski definition) is 21. The number of primary amides is 1. The van der Waals surface area contributed by atoms with Gasteiger partial charge in [-0.05, 0) is 75.0 Å². The van der Waals surface area contributed by atoms with Crippen LogP contribution in [0.3, 0.4) is 0 Å². The van der Waals surface area contributed by atoms with Crippen LogP contribution in [0.2, 0.25) is 0 Å². The van der Waals surface area contributed by atoms with Crippen molar-refractivity contribution in [3.05, 3.63) is 87.4 Å². The van der Waals surface area contributed by atoms with Gasteiger partial charge < -0.3 is 75.5 Å². The average molecular weight is 1200 g/mol. The minimum atomic E-state index is -1.39. The highest BCUT2D eigenvalue weighted by molar-refractivity contribution is 6.00. The van der Waals surface area contributed by atoms with Gasteiger partial charge in [-0.3, -0.25) is 38.3 Å². The molecule has 5 heterocycles. The standard InChI is InChI=1S/C56H80N16O14/c1-4-5-21-84-54-65-48(58)47-50(66-54)72(55(78)64-47)33-39-8-6-38(7-9-39)32-69-17-14-41(15-18-69)49-68-67-45-34-70(19-20-71(45)49)56(79)85-35-40-10-12-42(13-11-40)62-53(77)43(31-44(57)73)63-52(76)37(3)61-51(75)36(2)60-46(74)16-22-80-23-24-81-25-26-82-27-28-83-29-30-86-59/h6-13,36-37,41,43H,4-5,14-35,59H2,1-3H3,(H2,57,73)(H,60,74)(H,61,75)(H,62,77)(H,63,76)(H,64,78)(H2,58,65,66)/t36-,37-,43-/m0/s1. The molecule has 0 radical (unpaired) electrons. The van der Waals surface area contributed by atoms with Crippen molar-refractivity contribution < 1.29 is 62.0 Å². The summed E-state index contributed by atoms with van der Waals surface area (Å²) in [5.41, 5.74) is 15.0. The Hall–Kier alpha value is -8.13. The number of likely N-dealkylation sites (tertiary alicyclic amines) is 1. The highest BCUT2D eigenvalue weighted by Crippen LogP contribution is 2.30. The van der Waals surface area contributed by atoms with Crippen molar-refractivity contribution >= 4 is 58.3 Å². The number of aromatic nitrogens is 7. The first-order chi connectivity index (χ1) is 41.6. The SMILES string of the molecule is CCCCOc1nc(N)c2[nH]c(=O)n(Cc3ccc(CN4CCC(c5nnc6n5CCN(C(=O)OCc5ccc(NC(=O)[C@H](CC(N)=O)NC(=O)[C@H](C)NC(=O)[C@H](C)NC(=O)CCOCCOCCOCCOCCON)cc5)C6)CC4)cc3)c2n1. The fourth-order valence-electron chi connectivity index (χ4n) is 9.40. The number of nitrogen functional groups attached to an aromatic ring is 1. The number of amides is 6. The van der Waals surface area contributed by atoms with E-state index >= 15 is 0 Å². The number of carbonyl (C=O) groups excluding carboxylic acids is 6. The molecule has 0 aliphatic carbocycles. The van der Waals surface area contributed by atoms with Crippen LogP contribution in [0.15, 0.2) is 53.3 Å². The number of nitrogens with zero attached hydrogens (tertiary/aromatic N) is 8. The quantitative estimate of drug-likeness (QED) is 0.0204. The number of fused-ring (bicyclic) bond motifs is 2. The van der Waals surface area contributed by atoms with Crippen LogP contribution in [0.25, 0.3) is 11.2 Å². The van der Waals surface area contributed by atoms with E-state index in [1.165, 1.54) is 18.4 Å². The average Bonchev–Trinajstić information content (AvgIpc) is 4.01. The first-order valence-corrected chi connectivity index (χ1v) is 28.8. The monoisotopic (exact) mass is 1200 g/mol. The second-order valence-corrected chi connectivity index (χ2v) is 20.8. The Kier molecular flexibility index (Phi) is 25.5. The second kappa shape index (κ2) is 33.5. The molecule has 3 aromatic heterocycles. The molecule has 2 aliphatic rings. The van der Waals surface area contributed by atoms with E-state index in [4.69, 9.17) is 45.8 Å². The topological polar surface area (TPSA) is 394 Å². The zero-order chi connectivity index (χ0) is 61.4. The molecule has 0 saturated carbocycles. The number of carbonyl (C=O) groups is 6. The van der Waals surface area contributed by atoms with Gasteiger partial charge in [-0.15, -0.1) is 10.2 Å². The summed E-state index contributed by atoms with van der Waals surface area (Å²) in [6, 6.07) is 11.2. The van der Waals surface area contributed by atoms with Crippen molar-refractivity contribution in [2.24, 2.45) is 11.6 Å². The molecule has 7 rings (SSSR count). The smallest absolute Gasteiger partial charge is 0.410 e. The van der Waals surface area contributed by atoms with Gasteiger partial charge in [0.25, 0.3) is 0 Å². The number of piperidine rings is 1. The van der Waals surface area contributed by atoms with Crippen LogP contribution in [0.5, 0.6) is 6.01 Å². The first-order valence-electron chi connectivity index (χ1n) is 28.8. The van der Waals surface area contributed by atoms with E-state index in [9.17, 15) is 33.6 Å². The first kappa shape index (κ1) is 65.4. The summed E-state index contributed by atoms with van der Waals surface area (Å²) in [4.78, 5) is 110. The fourth-order valence-corrected chi connectivity index (χ4v) is 9.40. The van der Waals surface area contributed by atoms with E-state index in [0.717, 1.165) is 62.3 Å². The van der Waals surface area contributed by atoms with E-state index in [-0.39, 0.29) is 56.2 Å². The Balaban J connectivity index is 0.773. The van der Waals surface area contributed by atoms with Crippen LogP contribution in [-0.4, -0.2) is 184 Å². The largest absolute Gasteiger partial charge is 0.463 e. The van der Waals surface area contributed by atoms with Gasteiger partial charge in [-0.1, -0.05) is 49.7 Å². The predicted molar refractivity (Wildman–Crippen MR) is 310 cm³/mol. The molecule has 2 aliphatic heterocycles. The maximum Gasteiger partial charge on any atom is 0.410 e. The van der Waals surface area contributed by atoms with Crippen molar-refractivity contribution in [1.29, 1.82) is 0 Å². The Labute approximate surface area is 496 Å². The molecule has 5 aromatic rings. The molecule has 1 saturated heterocycles. The maximum atomic E-state index is 13.3. The minimum absolute atomic E-state index is 0.0300. The van der Waals surface area contributed by atoms with Gasteiger partial charge in [0.05, 0.1) is 85.6 Å². The van der Waals surface area contributed by atoms with Crippen LogP contribution in [0, 0.1) is 0 Å². The van der Waals surface area contributed by atoms with E-state index in [1.807, 2.05) is 12.1 Å². The normalized spacial score (nSPS) is 14.7. The van der Waals surface area contributed by atoms with Gasteiger partial charge in [0, 0.05) is 37.7 Å². The lowest BCUT2D eigenvalue weighted by Crippen LogP contribution is -2.55. The van der Waals surface area contributed by atoms with Gasteiger partial charge in [0.2, 0.25) is 29.5 Å². The number of imidazole rings is 1. The van der Waals surface area contributed by atoms with Crippen molar-refractivity contribution in [1.82, 2.24) is 60.0 Å². The van der Waals surface area contributed by atoms with Crippen LogP contribution in [0.1, 0.15) is 93.6 Å². The highest BCUT2D eigenvalue weighted by atomic mass is 16.6. The summed E-state index contributed by atoms with van der Waals surface area (Å²) in [7, 11) is 0. The molecular formula is C56H80N16O14. The molecule has 86 heavy (non-hydrogen) atoms. The maximum absolute atomic E-state index is 13.3. The fraction of sp³-hybridized carbons (Fsp3) is 0.554. The molecule has 30 heteroatoms. The number of nitrogens with two attached hydrogens (primary N) is 3. The van der Waals surface area contributed by atoms with Crippen LogP contribution >= 0.6 is 0 Å². The van der Waals surface area contributed by atoms with Gasteiger partial charge in [-0.2, -0.15) is 9.97 Å². The summed E-state index contributed by atoms with van der Waals surface area (Å²) < 4.78 is 36.4. The Morgan fingerprint density at radius 1 is 0.721 bits per heavy atom. The molecule has 2 aromatic carbocycles. The lowest BCUT2D eigenvalue weighted by Gasteiger charge is -2.33. The third-order valence-corrected chi connectivity index (χ3v) is 14.2. The number of ether oxygens (including phenoxy) is 6. The summed E-state index contributed by atoms with van der Waals surface area (Å²) in [5, 5.41) is 19.2. The minimum Gasteiger partial charge on any atom is -0.463 e. The lowest BCUT2D eigenvalue weighted by molar-refractivity contribution is -0.133. The van der Waals surface area contributed by atoms with Gasteiger partial charge in [-0.25, -0.2) is 15.5 Å². The molecule has 0 spiro atoms. The third-order valence-electron chi connectivity index (χ3n) is 14.2. The number of unbranched alkanes of at least 4 members (excludes halogenated alkanes) is 1. The van der Waals surface area contributed by atoms with Crippen molar-refractivity contribution in [2.75, 3.05) is 96.8 Å². The van der Waals surface area contributed by atoms with Crippen LogP contribution in [-0.2, 0) is 85.3 Å². The van der Waals surface area contributed by atoms with Crippen LogP contribution < -0.4 is 49.1 Å². The zero-order valence-corrected chi connectivity index (χ0v) is 48.9. The van der Waals surface area contributed by atoms with Crippen LogP contribution in [0.4, 0.5) is 16.3 Å². The number of H-pyrrole nitrogens is 1. The third kappa shape index (κ3) is 20.0. The number of nitrogens with one attached hydrogen (secondary N) is 5. The number of aromatic amines is 1. The number of rotatable bonds is 35. The molecule has 468 valence electrons. The summed E-state index contributed by atoms with van der Waals surface area (Å²) in [6.45, 7) is 12.1. The Bertz CT molecular complexity index is 3080. The predicted octanol–water partition coefficient (Wildman–Crippen LogP) is 0.707. The number of anilines is 2. The van der Waals surface area contributed by atoms with Crippen molar-refractivity contribution in [2.45, 2.75) is 116 Å². The molecule has 11 N–H and O–H groups in total. The molecule has 0 bridgehead atoms. The number of benzene rings is 2. The van der Waals surface area contributed by atoms with Gasteiger partial charge >= 0.3 is 17.8 Å². The molecule has 3 atom stereocenters.